The second kappa shape index (κ2) is 9.28. The molecule has 2 aromatic rings. The van der Waals surface area contributed by atoms with E-state index in [1.54, 1.807) is 4.90 Å². The molecule has 1 saturated heterocycles. The standard InChI is InChI=1S/C22H22F4N2O2/c23-18-9-7-16(8-10-18)21(30)28-13-3-5-17(14-28)20(29)27-12-11-15-4-1-2-6-19(15)22(24,25)26/h1-2,4,6-10,17H,3,5,11-14H2,(H,27,29). The summed E-state index contributed by atoms with van der Waals surface area (Å²) in [6.45, 7) is 0.800. The zero-order valence-corrected chi connectivity index (χ0v) is 16.2. The van der Waals surface area contributed by atoms with Gasteiger partial charge < -0.3 is 10.2 Å². The molecule has 0 radical (unpaired) electrons. The van der Waals surface area contributed by atoms with Gasteiger partial charge in [0.25, 0.3) is 5.91 Å². The van der Waals surface area contributed by atoms with Crippen molar-refractivity contribution in [1.82, 2.24) is 10.2 Å². The van der Waals surface area contributed by atoms with Crippen LogP contribution in [0.15, 0.2) is 48.5 Å². The number of carbonyl (C=O) groups is 2. The fraction of sp³-hybridized carbons (Fsp3) is 0.364. The van der Waals surface area contributed by atoms with Crippen LogP contribution >= 0.6 is 0 Å². The first-order chi connectivity index (χ1) is 14.3. The summed E-state index contributed by atoms with van der Waals surface area (Å²) in [5, 5.41) is 2.69. The normalized spacial score (nSPS) is 16.9. The molecule has 30 heavy (non-hydrogen) atoms. The Balaban J connectivity index is 1.55. The van der Waals surface area contributed by atoms with Gasteiger partial charge in [0.2, 0.25) is 5.91 Å². The van der Waals surface area contributed by atoms with Crippen LogP contribution in [0.25, 0.3) is 0 Å². The summed E-state index contributed by atoms with van der Waals surface area (Å²) >= 11 is 0. The number of hydrogen-bond donors (Lipinski definition) is 1. The van der Waals surface area contributed by atoms with Crippen molar-refractivity contribution in [3.63, 3.8) is 0 Å². The van der Waals surface area contributed by atoms with Crippen molar-refractivity contribution in [3.05, 3.63) is 71.0 Å². The van der Waals surface area contributed by atoms with E-state index in [-0.39, 0.29) is 36.9 Å². The average molecular weight is 422 g/mol. The number of likely N-dealkylation sites (tertiary alicyclic amines) is 1. The van der Waals surface area contributed by atoms with Crippen molar-refractivity contribution in [2.24, 2.45) is 5.92 Å². The first-order valence-corrected chi connectivity index (χ1v) is 9.73. The van der Waals surface area contributed by atoms with Crippen LogP contribution < -0.4 is 5.32 Å². The maximum atomic E-state index is 13.1. The number of nitrogens with zero attached hydrogens (tertiary/aromatic N) is 1. The minimum absolute atomic E-state index is 0.0619. The van der Waals surface area contributed by atoms with Crippen molar-refractivity contribution >= 4 is 11.8 Å². The lowest BCUT2D eigenvalue weighted by Gasteiger charge is -2.32. The molecule has 1 unspecified atom stereocenters. The molecular weight excluding hydrogens is 400 g/mol. The predicted octanol–water partition coefficient (Wildman–Crippen LogP) is 4.06. The van der Waals surface area contributed by atoms with E-state index in [0.29, 0.717) is 24.9 Å². The summed E-state index contributed by atoms with van der Waals surface area (Å²) in [5.74, 6) is -1.42. The maximum absolute atomic E-state index is 13.1. The van der Waals surface area contributed by atoms with Crippen LogP contribution in [0.2, 0.25) is 0 Å². The van der Waals surface area contributed by atoms with Gasteiger partial charge in [-0.25, -0.2) is 4.39 Å². The Labute approximate surface area is 171 Å². The smallest absolute Gasteiger partial charge is 0.355 e. The SMILES string of the molecule is O=C(NCCc1ccccc1C(F)(F)F)C1CCCN(C(=O)c2ccc(F)cc2)C1. The Morgan fingerprint density at radius 3 is 2.47 bits per heavy atom. The molecule has 2 aromatic carbocycles. The molecule has 1 fully saturated rings. The second-order valence-electron chi connectivity index (χ2n) is 7.29. The molecule has 4 nitrogen and oxygen atoms in total. The van der Waals surface area contributed by atoms with Gasteiger partial charge in [-0.2, -0.15) is 13.2 Å². The van der Waals surface area contributed by atoms with Gasteiger partial charge >= 0.3 is 6.18 Å². The highest BCUT2D eigenvalue weighted by Gasteiger charge is 2.33. The summed E-state index contributed by atoms with van der Waals surface area (Å²) in [5.41, 5.74) is -0.226. The van der Waals surface area contributed by atoms with Crippen molar-refractivity contribution in [2.75, 3.05) is 19.6 Å². The molecule has 0 spiro atoms. The Morgan fingerprint density at radius 1 is 1.07 bits per heavy atom. The fourth-order valence-electron chi connectivity index (χ4n) is 3.63. The number of hydrogen-bond acceptors (Lipinski definition) is 2. The molecule has 1 aliphatic heterocycles. The third-order valence-electron chi connectivity index (χ3n) is 5.19. The summed E-state index contributed by atoms with van der Waals surface area (Å²) in [6.07, 6.45) is -3.14. The fourth-order valence-corrected chi connectivity index (χ4v) is 3.63. The Bertz CT molecular complexity index is 897. The highest BCUT2D eigenvalue weighted by molar-refractivity contribution is 5.94. The number of benzene rings is 2. The second-order valence-corrected chi connectivity index (χ2v) is 7.29. The molecular formula is C22H22F4N2O2. The Morgan fingerprint density at radius 2 is 1.77 bits per heavy atom. The van der Waals surface area contributed by atoms with E-state index in [9.17, 15) is 27.2 Å². The number of alkyl halides is 3. The Hall–Kier alpha value is -2.90. The number of halogens is 4. The molecule has 1 N–H and O–H groups in total. The van der Waals surface area contributed by atoms with Gasteiger partial charge in [0.15, 0.2) is 0 Å². The molecule has 3 rings (SSSR count). The lowest BCUT2D eigenvalue weighted by molar-refractivity contribution is -0.138. The van der Waals surface area contributed by atoms with Gasteiger partial charge in [-0.05, 0) is 55.2 Å². The summed E-state index contributed by atoms with van der Waals surface area (Å²) in [6, 6.07) is 10.5. The van der Waals surface area contributed by atoms with Crippen LogP contribution in [0.4, 0.5) is 17.6 Å². The number of piperidine rings is 1. The third-order valence-corrected chi connectivity index (χ3v) is 5.19. The molecule has 1 aliphatic rings. The van der Waals surface area contributed by atoms with E-state index in [1.807, 2.05) is 0 Å². The van der Waals surface area contributed by atoms with Gasteiger partial charge in [0.1, 0.15) is 5.82 Å². The minimum Gasteiger partial charge on any atom is -0.355 e. The van der Waals surface area contributed by atoms with Gasteiger partial charge in [-0.15, -0.1) is 0 Å². The van der Waals surface area contributed by atoms with Gasteiger partial charge in [-0.1, -0.05) is 18.2 Å². The molecule has 8 heteroatoms. The van der Waals surface area contributed by atoms with E-state index in [2.05, 4.69) is 5.32 Å². The topological polar surface area (TPSA) is 49.4 Å². The van der Waals surface area contributed by atoms with Crippen molar-refractivity contribution < 1.29 is 27.2 Å². The van der Waals surface area contributed by atoms with Crippen LogP contribution in [0.1, 0.15) is 34.3 Å². The molecule has 0 bridgehead atoms. The molecule has 0 saturated carbocycles. The number of carbonyl (C=O) groups excluding carboxylic acids is 2. The summed E-state index contributed by atoms with van der Waals surface area (Å²) in [7, 11) is 0. The molecule has 0 aliphatic carbocycles. The van der Waals surface area contributed by atoms with Crippen LogP contribution in [0.3, 0.4) is 0 Å². The van der Waals surface area contributed by atoms with E-state index in [0.717, 1.165) is 6.07 Å². The van der Waals surface area contributed by atoms with E-state index >= 15 is 0 Å². The Kier molecular flexibility index (Phi) is 6.74. The van der Waals surface area contributed by atoms with Gasteiger partial charge in [0.05, 0.1) is 11.5 Å². The molecule has 1 heterocycles. The number of nitrogens with one attached hydrogen (secondary N) is 1. The quantitative estimate of drug-likeness (QED) is 0.739. The van der Waals surface area contributed by atoms with Crippen LogP contribution in [-0.2, 0) is 17.4 Å². The van der Waals surface area contributed by atoms with E-state index < -0.39 is 23.5 Å². The predicted molar refractivity (Wildman–Crippen MR) is 103 cm³/mol. The maximum Gasteiger partial charge on any atom is 0.416 e. The number of rotatable bonds is 5. The summed E-state index contributed by atoms with van der Waals surface area (Å²) in [4.78, 5) is 26.6. The van der Waals surface area contributed by atoms with E-state index in [1.165, 1.54) is 42.5 Å². The highest BCUT2D eigenvalue weighted by Crippen LogP contribution is 2.32. The van der Waals surface area contributed by atoms with Crippen molar-refractivity contribution in [3.8, 4) is 0 Å². The van der Waals surface area contributed by atoms with Crippen molar-refractivity contribution in [1.29, 1.82) is 0 Å². The van der Waals surface area contributed by atoms with Crippen LogP contribution in [-0.4, -0.2) is 36.3 Å². The average Bonchev–Trinajstić information content (AvgIpc) is 2.73. The highest BCUT2D eigenvalue weighted by atomic mass is 19.4. The first-order valence-electron chi connectivity index (χ1n) is 9.73. The summed E-state index contributed by atoms with van der Waals surface area (Å²) < 4.78 is 52.2. The first kappa shape index (κ1) is 21.8. The zero-order valence-electron chi connectivity index (χ0n) is 16.2. The number of amides is 2. The molecule has 0 aromatic heterocycles. The van der Waals surface area contributed by atoms with E-state index in [4.69, 9.17) is 0 Å². The van der Waals surface area contributed by atoms with Gasteiger partial charge in [-0.3, -0.25) is 9.59 Å². The van der Waals surface area contributed by atoms with Crippen molar-refractivity contribution in [2.45, 2.75) is 25.4 Å². The minimum atomic E-state index is -4.44. The lowest BCUT2D eigenvalue weighted by atomic mass is 9.96. The molecule has 2 amide bonds. The van der Waals surface area contributed by atoms with Crippen LogP contribution in [0.5, 0.6) is 0 Å². The third kappa shape index (κ3) is 5.37. The largest absolute Gasteiger partial charge is 0.416 e. The lowest BCUT2D eigenvalue weighted by Crippen LogP contribution is -2.45. The van der Waals surface area contributed by atoms with Gasteiger partial charge in [0, 0.05) is 25.2 Å². The van der Waals surface area contributed by atoms with Crippen LogP contribution in [0, 0.1) is 11.7 Å². The zero-order chi connectivity index (χ0) is 21.7. The molecule has 160 valence electrons. The monoisotopic (exact) mass is 422 g/mol. The molecule has 1 atom stereocenters.